The highest BCUT2D eigenvalue weighted by Crippen LogP contribution is 2.30. The number of hydrogen-bond donors (Lipinski definition) is 1. The van der Waals surface area contributed by atoms with Gasteiger partial charge in [-0.2, -0.15) is 0 Å². The lowest BCUT2D eigenvalue weighted by molar-refractivity contribution is 0.158. The monoisotopic (exact) mass is 212 g/mol. The van der Waals surface area contributed by atoms with Crippen LogP contribution < -0.4 is 5.32 Å². The third-order valence-corrected chi connectivity index (χ3v) is 3.62. The van der Waals surface area contributed by atoms with E-state index in [9.17, 15) is 0 Å². The van der Waals surface area contributed by atoms with Gasteiger partial charge in [0.1, 0.15) is 0 Å². The maximum Gasteiger partial charge on any atom is 0.0107 e. The molecule has 0 amide bonds. The average Bonchev–Trinajstić information content (AvgIpc) is 3.03. The molecule has 90 valence electrons. The maximum atomic E-state index is 3.53. The molecule has 1 rings (SSSR count). The normalized spacial score (nSPS) is 20.6. The Labute approximate surface area is 95.4 Å². The van der Waals surface area contributed by atoms with Crippen molar-refractivity contribution in [2.24, 2.45) is 5.92 Å². The molecular weight excluding hydrogens is 184 g/mol. The van der Waals surface area contributed by atoms with Crippen LogP contribution in [-0.4, -0.2) is 36.6 Å². The van der Waals surface area contributed by atoms with Crippen LogP contribution >= 0.6 is 0 Å². The molecule has 1 aliphatic carbocycles. The van der Waals surface area contributed by atoms with Crippen molar-refractivity contribution in [3.8, 4) is 0 Å². The van der Waals surface area contributed by atoms with Gasteiger partial charge in [-0.3, -0.25) is 4.90 Å². The lowest BCUT2D eigenvalue weighted by Crippen LogP contribution is -2.42. The van der Waals surface area contributed by atoms with Crippen molar-refractivity contribution < 1.29 is 0 Å². The molecule has 0 spiro atoms. The van der Waals surface area contributed by atoms with Gasteiger partial charge in [0.05, 0.1) is 0 Å². The van der Waals surface area contributed by atoms with Gasteiger partial charge < -0.3 is 5.32 Å². The van der Waals surface area contributed by atoms with Crippen LogP contribution in [0.5, 0.6) is 0 Å². The van der Waals surface area contributed by atoms with Gasteiger partial charge in [0.15, 0.2) is 0 Å². The molecule has 2 atom stereocenters. The predicted octanol–water partition coefficient (Wildman–Crippen LogP) is 2.49. The van der Waals surface area contributed by atoms with E-state index >= 15 is 0 Å². The molecule has 0 radical (unpaired) electrons. The molecule has 0 heterocycles. The van der Waals surface area contributed by atoms with Crippen molar-refractivity contribution in [2.75, 3.05) is 19.6 Å². The Morgan fingerprint density at radius 3 is 2.40 bits per heavy atom. The van der Waals surface area contributed by atoms with E-state index < -0.39 is 0 Å². The smallest absolute Gasteiger partial charge is 0.0107 e. The van der Waals surface area contributed by atoms with E-state index in [1.54, 1.807) is 0 Å². The van der Waals surface area contributed by atoms with E-state index in [-0.39, 0.29) is 0 Å². The van der Waals surface area contributed by atoms with Gasteiger partial charge in [0.2, 0.25) is 0 Å². The number of nitrogens with one attached hydrogen (secondary N) is 1. The molecule has 2 heteroatoms. The standard InChI is InChI=1S/C13H28N2/c1-5-9-14-10-11(3)12(4)15(6-2)13-7-8-13/h11-14H,5-10H2,1-4H3. The first-order valence-electron chi connectivity index (χ1n) is 6.67. The minimum atomic E-state index is 0.729. The SMILES string of the molecule is CCCNCC(C)C(C)N(CC)C1CC1. The fourth-order valence-electron chi connectivity index (χ4n) is 2.29. The van der Waals surface area contributed by atoms with Crippen LogP contribution in [0.3, 0.4) is 0 Å². The Balaban J connectivity index is 2.26. The first-order chi connectivity index (χ1) is 7.20. The molecule has 15 heavy (non-hydrogen) atoms. The summed E-state index contributed by atoms with van der Waals surface area (Å²) in [6.45, 7) is 12.8. The molecule has 2 nitrogen and oxygen atoms in total. The molecule has 1 saturated carbocycles. The zero-order valence-electron chi connectivity index (χ0n) is 10.9. The van der Waals surface area contributed by atoms with Gasteiger partial charge >= 0.3 is 0 Å². The topological polar surface area (TPSA) is 15.3 Å². The largest absolute Gasteiger partial charge is 0.316 e. The molecule has 1 fully saturated rings. The van der Waals surface area contributed by atoms with Gasteiger partial charge in [0, 0.05) is 12.1 Å². The van der Waals surface area contributed by atoms with Crippen LogP contribution in [0.2, 0.25) is 0 Å². The first kappa shape index (κ1) is 13.0. The van der Waals surface area contributed by atoms with Gasteiger partial charge in [-0.15, -0.1) is 0 Å². The van der Waals surface area contributed by atoms with Crippen molar-refractivity contribution in [1.82, 2.24) is 10.2 Å². The van der Waals surface area contributed by atoms with Crippen LogP contribution in [0.1, 0.15) is 47.0 Å². The summed E-state index contributed by atoms with van der Waals surface area (Å²) in [5, 5.41) is 3.53. The second-order valence-electron chi connectivity index (χ2n) is 4.98. The Morgan fingerprint density at radius 2 is 1.93 bits per heavy atom. The van der Waals surface area contributed by atoms with Crippen molar-refractivity contribution in [3.63, 3.8) is 0 Å². The highest BCUT2D eigenvalue weighted by molar-refractivity contribution is 4.88. The van der Waals surface area contributed by atoms with Gasteiger partial charge in [-0.1, -0.05) is 20.8 Å². The third kappa shape index (κ3) is 4.12. The van der Waals surface area contributed by atoms with Crippen LogP contribution in [0, 0.1) is 5.92 Å². The molecule has 0 bridgehead atoms. The van der Waals surface area contributed by atoms with Crippen LogP contribution in [0.25, 0.3) is 0 Å². The van der Waals surface area contributed by atoms with Crippen molar-refractivity contribution in [3.05, 3.63) is 0 Å². The third-order valence-electron chi connectivity index (χ3n) is 3.62. The second kappa shape index (κ2) is 6.49. The minimum Gasteiger partial charge on any atom is -0.316 e. The van der Waals surface area contributed by atoms with E-state index in [0.717, 1.165) is 31.1 Å². The lowest BCUT2D eigenvalue weighted by Gasteiger charge is -2.32. The van der Waals surface area contributed by atoms with E-state index in [1.165, 1.54) is 25.8 Å². The van der Waals surface area contributed by atoms with Gasteiger partial charge in [-0.05, 0) is 51.7 Å². The Hall–Kier alpha value is -0.0800. The summed E-state index contributed by atoms with van der Waals surface area (Å²) in [5.41, 5.74) is 0. The molecule has 0 saturated heterocycles. The number of hydrogen-bond acceptors (Lipinski definition) is 2. The summed E-state index contributed by atoms with van der Waals surface area (Å²) in [7, 11) is 0. The minimum absolute atomic E-state index is 0.729. The summed E-state index contributed by atoms with van der Waals surface area (Å²) in [6.07, 6.45) is 4.09. The van der Waals surface area contributed by atoms with Crippen LogP contribution in [0.15, 0.2) is 0 Å². The number of rotatable bonds is 8. The van der Waals surface area contributed by atoms with Crippen molar-refractivity contribution in [2.45, 2.75) is 59.0 Å². The Bertz CT molecular complexity index is 166. The molecule has 0 aliphatic heterocycles. The fraction of sp³-hybridized carbons (Fsp3) is 1.00. The maximum absolute atomic E-state index is 3.53. The highest BCUT2D eigenvalue weighted by atomic mass is 15.2. The number of nitrogens with zero attached hydrogens (tertiary/aromatic N) is 1. The predicted molar refractivity (Wildman–Crippen MR) is 67.2 cm³/mol. The summed E-state index contributed by atoms with van der Waals surface area (Å²) >= 11 is 0. The first-order valence-corrected chi connectivity index (χ1v) is 6.67. The highest BCUT2D eigenvalue weighted by Gasteiger charge is 2.32. The fourth-order valence-corrected chi connectivity index (χ4v) is 2.29. The molecule has 0 aromatic carbocycles. The zero-order valence-corrected chi connectivity index (χ0v) is 10.9. The lowest BCUT2D eigenvalue weighted by atomic mass is 10.0. The second-order valence-corrected chi connectivity index (χ2v) is 4.98. The molecule has 1 N–H and O–H groups in total. The quantitative estimate of drug-likeness (QED) is 0.622. The summed E-state index contributed by atoms with van der Waals surface area (Å²) < 4.78 is 0. The molecule has 1 aliphatic rings. The van der Waals surface area contributed by atoms with Crippen molar-refractivity contribution in [1.29, 1.82) is 0 Å². The van der Waals surface area contributed by atoms with E-state index in [2.05, 4.69) is 37.9 Å². The molecule has 2 unspecified atom stereocenters. The van der Waals surface area contributed by atoms with Crippen LogP contribution in [0.4, 0.5) is 0 Å². The van der Waals surface area contributed by atoms with Crippen LogP contribution in [-0.2, 0) is 0 Å². The van der Waals surface area contributed by atoms with Gasteiger partial charge in [0.25, 0.3) is 0 Å². The van der Waals surface area contributed by atoms with Gasteiger partial charge in [-0.25, -0.2) is 0 Å². The Kier molecular flexibility index (Phi) is 5.62. The summed E-state index contributed by atoms with van der Waals surface area (Å²) in [5.74, 6) is 0.761. The Morgan fingerprint density at radius 1 is 1.27 bits per heavy atom. The summed E-state index contributed by atoms with van der Waals surface area (Å²) in [6, 6.07) is 1.63. The van der Waals surface area contributed by atoms with E-state index in [1.807, 2.05) is 0 Å². The molecule has 0 aromatic rings. The average molecular weight is 212 g/mol. The summed E-state index contributed by atoms with van der Waals surface area (Å²) in [4.78, 5) is 2.68. The van der Waals surface area contributed by atoms with Crippen molar-refractivity contribution >= 4 is 0 Å². The van der Waals surface area contributed by atoms with E-state index in [4.69, 9.17) is 0 Å². The molecule has 0 aromatic heterocycles. The zero-order chi connectivity index (χ0) is 11.3. The molecular formula is C13H28N2. The van der Waals surface area contributed by atoms with E-state index in [0.29, 0.717) is 0 Å².